The molecule has 0 bridgehead atoms. The summed E-state index contributed by atoms with van der Waals surface area (Å²) in [4.78, 5) is 50.1. The Hall–Kier alpha value is -3.89. The summed E-state index contributed by atoms with van der Waals surface area (Å²) in [6.45, 7) is 5.05. The van der Waals surface area contributed by atoms with Gasteiger partial charge in [-0.1, -0.05) is 6.07 Å². The average Bonchev–Trinajstić information content (AvgIpc) is 3.30. The number of benzene rings is 1. The van der Waals surface area contributed by atoms with Gasteiger partial charge in [-0.05, 0) is 37.1 Å². The van der Waals surface area contributed by atoms with Crippen LogP contribution in [0.5, 0.6) is 0 Å². The molecule has 1 atom stereocenters. The second kappa shape index (κ2) is 9.72. The summed E-state index contributed by atoms with van der Waals surface area (Å²) in [5.74, 6) is 0.365. The summed E-state index contributed by atoms with van der Waals surface area (Å²) >= 11 is 0. The van der Waals surface area contributed by atoms with Crippen LogP contribution in [-0.2, 0) is 9.59 Å². The Morgan fingerprint density at radius 1 is 1.06 bits per heavy atom. The van der Waals surface area contributed by atoms with Gasteiger partial charge in [0.2, 0.25) is 17.8 Å². The lowest BCUT2D eigenvalue weighted by atomic mass is 10.2. The maximum Gasteiger partial charge on any atom is 0.324 e. The Bertz CT molecular complexity index is 1040. The molecule has 4 amide bonds. The van der Waals surface area contributed by atoms with Crippen LogP contribution in [0.4, 0.5) is 27.9 Å². The zero-order valence-electron chi connectivity index (χ0n) is 18.5. The Labute approximate surface area is 191 Å². The Morgan fingerprint density at radius 2 is 1.85 bits per heavy atom. The van der Waals surface area contributed by atoms with Crippen LogP contribution in [0.25, 0.3) is 0 Å². The molecular weight excluding hydrogens is 424 g/mol. The molecule has 3 heterocycles. The highest BCUT2D eigenvalue weighted by molar-refractivity contribution is 5.99. The van der Waals surface area contributed by atoms with Gasteiger partial charge in [-0.25, -0.2) is 9.78 Å². The minimum absolute atomic E-state index is 0.0875. The monoisotopic (exact) mass is 452 g/mol. The van der Waals surface area contributed by atoms with Crippen LogP contribution in [0.3, 0.4) is 0 Å². The van der Waals surface area contributed by atoms with E-state index in [0.29, 0.717) is 43.5 Å². The first-order valence-corrected chi connectivity index (χ1v) is 11.0. The normalized spacial score (nSPS) is 18.2. The number of primary amides is 1. The van der Waals surface area contributed by atoms with Gasteiger partial charge in [-0.2, -0.15) is 4.98 Å². The second-order valence-corrected chi connectivity index (χ2v) is 8.12. The summed E-state index contributed by atoms with van der Waals surface area (Å²) in [6.07, 6.45) is 3.03. The number of hydrogen-bond donors (Lipinski definition) is 3. The van der Waals surface area contributed by atoms with Gasteiger partial charge in [-0.3, -0.25) is 14.9 Å². The zero-order chi connectivity index (χ0) is 23.4. The van der Waals surface area contributed by atoms with Crippen molar-refractivity contribution in [2.24, 2.45) is 5.73 Å². The Morgan fingerprint density at radius 3 is 2.58 bits per heavy atom. The van der Waals surface area contributed by atoms with Crippen molar-refractivity contribution >= 4 is 41.0 Å². The fourth-order valence-electron chi connectivity index (χ4n) is 4.20. The zero-order valence-corrected chi connectivity index (χ0v) is 18.5. The SMILES string of the molecule is CC(=O)N1CCN(c2cccc(NC(=O)Nc3ccnc(N4CCC[C@H]4C(N)=O)n3)c2)CC1. The Kier molecular flexibility index (Phi) is 6.57. The maximum atomic E-state index is 12.6. The molecule has 33 heavy (non-hydrogen) atoms. The maximum absolute atomic E-state index is 12.6. The number of nitrogens with zero attached hydrogens (tertiary/aromatic N) is 5. The predicted octanol–water partition coefficient (Wildman–Crippen LogP) is 1.24. The second-order valence-electron chi connectivity index (χ2n) is 8.12. The molecular formula is C22H28N8O3. The lowest BCUT2D eigenvalue weighted by molar-refractivity contribution is -0.129. The van der Waals surface area contributed by atoms with E-state index in [1.54, 1.807) is 17.9 Å². The van der Waals surface area contributed by atoms with E-state index in [2.05, 4.69) is 25.5 Å². The number of amides is 4. The molecule has 2 aliphatic rings. The molecule has 1 aromatic heterocycles. The number of piperazine rings is 1. The molecule has 0 saturated carbocycles. The van der Waals surface area contributed by atoms with Crippen molar-refractivity contribution in [1.29, 1.82) is 0 Å². The fraction of sp³-hybridized carbons (Fsp3) is 0.409. The first-order valence-electron chi connectivity index (χ1n) is 11.0. The molecule has 11 nitrogen and oxygen atoms in total. The molecule has 0 unspecified atom stereocenters. The molecule has 11 heteroatoms. The van der Waals surface area contributed by atoms with Crippen molar-refractivity contribution in [3.8, 4) is 0 Å². The van der Waals surface area contributed by atoms with Crippen molar-refractivity contribution < 1.29 is 14.4 Å². The highest BCUT2D eigenvalue weighted by Crippen LogP contribution is 2.24. The van der Waals surface area contributed by atoms with E-state index in [0.717, 1.165) is 25.2 Å². The van der Waals surface area contributed by atoms with Gasteiger partial charge in [0.05, 0.1) is 0 Å². The molecule has 2 saturated heterocycles. The number of carbonyl (C=O) groups excluding carboxylic acids is 3. The lowest BCUT2D eigenvalue weighted by Gasteiger charge is -2.35. The first kappa shape index (κ1) is 22.3. The Balaban J connectivity index is 1.37. The van der Waals surface area contributed by atoms with E-state index in [1.807, 2.05) is 29.2 Å². The van der Waals surface area contributed by atoms with Crippen molar-refractivity contribution in [2.75, 3.05) is 53.2 Å². The molecule has 174 valence electrons. The largest absolute Gasteiger partial charge is 0.368 e. The number of hydrogen-bond acceptors (Lipinski definition) is 7. The third-order valence-electron chi connectivity index (χ3n) is 5.92. The molecule has 2 fully saturated rings. The van der Waals surface area contributed by atoms with Gasteiger partial charge >= 0.3 is 6.03 Å². The van der Waals surface area contributed by atoms with Crippen LogP contribution in [0.2, 0.25) is 0 Å². The molecule has 4 N–H and O–H groups in total. The van der Waals surface area contributed by atoms with Gasteiger partial charge in [0.1, 0.15) is 11.9 Å². The summed E-state index contributed by atoms with van der Waals surface area (Å²) in [7, 11) is 0. The summed E-state index contributed by atoms with van der Waals surface area (Å²) in [5.41, 5.74) is 7.10. The van der Waals surface area contributed by atoms with E-state index in [4.69, 9.17) is 5.73 Å². The van der Waals surface area contributed by atoms with E-state index in [1.165, 1.54) is 6.20 Å². The average molecular weight is 453 g/mol. The van der Waals surface area contributed by atoms with Crippen molar-refractivity contribution in [1.82, 2.24) is 14.9 Å². The number of nitrogens with two attached hydrogens (primary N) is 1. The standard InChI is InChI=1S/C22H28N8O3/c1-15(31)28-10-12-29(13-11-28)17-5-2-4-16(14-17)25-22(33)27-19-7-8-24-21(26-19)30-9-3-6-18(30)20(23)32/h2,4-5,7-8,14,18H,3,6,9-13H2,1H3,(H2,23,32)(H2,24,25,26,27,33)/t18-/m0/s1. The van der Waals surface area contributed by atoms with Crippen LogP contribution in [0.1, 0.15) is 19.8 Å². The summed E-state index contributed by atoms with van der Waals surface area (Å²) < 4.78 is 0. The van der Waals surface area contributed by atoms with Crippen molar-refractivity contribution in [3.63, 3.8) is 0 Å². The van der Waals surface area contributed by atoms with Gasteiger partial charge in [0.15, 0.2) is 0 Å². The number of aromatic nitrogens is 2. The van der Waals surface area contributed by atoms with Crippen molar-refractivity contribution in [3.05, 3.63) is 36.5 Å². The van der Waals surface area contributed by atoms with Crippen LogP contribution >= 0.6 is 0 Å². The third-order valence-corrected chi connectivity index (χ3v) is 5.92. The number of urea groups is 1. The third kappa shape index (κ3) is 5.30. The molecule has 2 aliphatic heterocycles. The first-order chi connectivity index (χ1) is 15.9. The highest BCUT2D eigenvalue weighted by Gasteiger charge is 2.31. The highest BCUT2D eigenvalue weighted by atomic mass is 16.2. The molecule has 4 rings (SSSR count). The topological polar surface area (TPSA) is 137 Å². The molecule has 1 aromatic carbocycles. The minimum Gasteiger partial charge on any atom is -0.368 e. The van der Waals surface area contributed by atoms with Crippen LogP contribution in [-0.4, -0.2) is 71.5 Å². The van der Waals surface area contributed by atoms with Crippen molar-refractivity contribution in [2.45, 2.75) is 25.8 Å². The number of nitrogens with one attached hydrogen (secondary N) is 2. The minimum atomic E-state index is -0.439. The number of anilines is 4. The van der Waals surface area contributed by atoms with E-state index in [-0.39, 0.29) is 5.91 Å². The van der Waals surface area contributed by atoms with Gasteiger partial charge < -0.3 is 25.8 Å². The van der Waals surface area contributed by atoms with Gasteiger partial charge in [0, 0.05) is 57.2 Å². The smallest absolute Gasteiger partial charge is 0.324 e. The predicted molar refractivity (Wildman–Crippen MR) is 125 cm³/mol. The van der Waals surface area contributed by atoms with Gasteiger partial charge in [-0.15, -0.1) is 0 Å². The molecule has 0 radical (unpaired) electrons. The van der Waals surface area contributed by atoms with E-state index in [9.17, 15) is 14.4 Å². The van der Waals surface area contributed by atoms with Crippen LogP contribution in [0, 0.1) is 0 Å². The number of carbonyl (C=O) groups is 3. The fourth-order valence-corrected chi connectivity index (χ4v) is 4.20. The molecule has 2 aromatic rings. The summed E-state index contributed by atoms with van der Waals surface area (Å²) in [5, 5.41) is 5.54. The number of rotatable bonds is 5. The van der Waals surface area contributed by atoms with E-state index >= 15 is 0 Å². The molecule has 0 spiro atoms. The lowest BCUT2D eigenvalue weighted by Crippen LogP contribution is -2.48. The summed E-state index contributed by atoms with van der Waals surface area (Å²) in [6, 6.07) is 8.28. The van der Waals surface area contributed by atoms with E-state index < -0.39 is 18.0 Å². The van der Waals surface area contributed by atoms with Crippen LogP contribution in [0.15, 0.2) is 36.5 Å². The van der Waals surface area contributed by atoms with Gasteiger partial charge in [0.25, 0.3) is 0 Å². The van der Waals surface area contributed by atoms with Crippen LogP contribution < -0.4 is 26.2 Å². The molecule has 0 aliphatic carbocycles. The quantitative estimate of drug-likeness (QED) is 0.621.